The van der Waals surface area contributed by atoms with Gasteiger partial charge in [0.05, 0.1) is 11.4 Å². The van der Waals surface area contributed by atoms with Gasteiger partial charge in [0, 0.05) is 6.04 Å². The third-order valence-corrected chi connectivity index (χ3v) is 6.09. The Hall–Kier alpha value is -3.21. The van der Waals surface area contributed by atoms with Crippen molar-refractivity contribution in [2.75, 3.05) is 11.1 Å². The minimum Gasteiger partial charge on any atom is -0.483 e. The molecule has 7 nitrogen and oxygen atoms in total. The molecule has 0 radical (unpaired) electrons. The number of carbonyl (C=O) groups excluding carboxylic acids is 1. The van der Waals surface area contributed by atoms with Crippen LogP contribution >= 0.6 is 11.8 Å². The van der Waals surface area contributed by atoms with Crippen molar-refractivity contribution in [3.05, 3.63) is 59.9 Å². The molecule has 36 heavy (non-hydrogen) atoms. The van der Waals surface area contributed by atoms with Crippen LogP contribution in [-0.4, -0.2) is 32.8 Å². The molecule has 0 saturated carbocycles. The van der Waals surface area contributed by atoms with Crippen LogP contribution in [0.5, 0.6) is 11.5 Å². The maximum atomic E-state index is 12.6. The summed E-state index contributed by atoms with van der Waals surface area (Å²) in [7, 11) is 0. The second-order valence-electron chi connectivity index (χ2n) is 8.67. The highest BCUT2D eigenvalue weighted by molar-refractivity contribution is 7.99. The molecule has 0 fully saturated rings. The van der Waals surface area contributed by atoms with Crippen molar-refractivity contribution in [1.29, 1.82) is 0 Å². The first-order chi connectivity index (χ1) is 16.9. The molecule has 1 atom stereocenters. The summed E-state index contributed by atoms with van der Waals surface area (Å²) in [6.45, 7) is 10.0. The molecule has 0 aliphatic carbocycles. The fourth-order valence-electron chi connectivity index (χ4n) is 3.44. The molecule has 2 aromatic carbocycles. The van der Waals surface area contributed by atoms with Gasteiger partial charge in [0.25, 0.3) is 0 Å². The molecule has 194 valence electrons. The molecule has 0 aliphatic heterocycles. The SMILES string of the molecule is CC(C)c1ccc(OC(C)c2nnc(SCC(=O)Nc3ccccc3OC(F)(F)F)n2C(C)C)cc1. The van der Waals surface area contributed by atoms with Gasteiger partial charge in [-0.3, -0.25) is 4.79 Å². The number of rotatable bonds is 10. The van der Waals surface area contributed by atoms with Crippen molar-refractivity contribution in [3.63, 3.8) is 0 Å². The van der Waals surface area contributed by atoms with Crippen LogP contribution in [0.2, 0.25) is 0 Å². The predicted molar refractivity (Wildman–Crippen MR) is 132 cm³/mol. The Bertz CT molecular complexity index is 1160. The van der Waals surface area contributed by atoms with Crippen molar-refractivity contribution in [3.8, 4) is 11.5 Å². The zero-order valence-electron chi connectivity index (χ0n) is 20.7. The number of amides is 1. The van der Waals surface area contributed by atoms with Gasteiger partial charge in [0.2, 0.25) is 5.91 Å². The van der Waals surface area contributed by atoms with Gasteiger partial charge < -0.3 is 19.4 Å². The van der Waals surface area contributed by atoms with Gasteiger partial charge in [0.1, 0.15) is 5.75 Å². The Morgan fingerprint density at radius 3 is 2.31 bits per heavy atom. The van der Waals surface area contributed by atoms with Gasteiger partial charge in [0.15, 0.2) is 22.8 Å². The lowest BCUT2D eigenvalue weighted by Gasteiger charge is -2.19. The number of thioether (sulfide) groups is 1. The average Bonchev–Trinajstić information content (AvgIpc) is 3.23. The van der Waals surface area contributed by atoms with Crippen LogP contribution in [0.4, 0.5) is 18.9 Å². The van der Waals surface area contributed by atoms with E-state index in [9.17, 15) is 18.0 Å². The maximum Gasteiger partial charge on any atom is 0.573 e. The molecule has 0 spiro atoms. The highest BCUT2D eigenvalue weighted by Crippen LogP contribution is 2.31. The van der Waals surface area contributed by atoms with Gasteiger partial charge >= 0.3 is 6.36 Å². The molecule has 0 aliphatic rings. The monoisotopic (exact) mass is 522 g/mol. The quantitative estimate of drug-likeness (QED) is 0.297. The zero-order chi connectivity index (χ0) is 26.5. The summed E-state index contributed by atoms with van der Waals surface area (Å²) in [5, 5.41) is 11.5. The lowest BCUT2D eigenvalue weighted by molar-refractivity contribution is -0.274. The number of hydrogen-bond acceptors (Lipinski definition) is 6. The Kier molecular flexibility index (Phi) is 8.89. The number of ether oxygens (including phenoxy) is 2. The van der Waals surface area contributed by atoms with Gasteiger partial charge in [-0.15, -0.1) is 23.4 Å². The van der Waals surface area contributed by atoms with Crippen LogP contribution in [0.3, 0.4) is 0 Å². The van der Waals surface area contributed by atoms with Crippen molar-refractivity contribution in [2.24, 2.45) is 0 Å². The Morgan fingerprint density at radius 2 is 1.69 bits per heavy atom. The molecular formula is C25H29F3N4O3S. The van der Waals surface area contributed by atoms with E-state index in [1.807, 2.05) is 49.6 Å². The maximum absolute atomic E-state index is 12.6. The van der Waals surface area contributed by atoms with E-state index in [0.29, 0.717) is 22.6 Å². The topological polar surface area (TPSA) is 78.3 Å². The third-order valence-electron chi connectivity index (χ3n) is 5.15. The molecule has 11 heteroatoms. The van der Waals surface area contributed by atoms with Gasteiger partial charge in [-0.1, -0.05) is 49.9 Å². The molecule has 1 unspecified atom stereocenters. The fourth-order valence-corrected chi connectivity index (χ4v) is 4.31. The summed E-state index contributed by atoms with van der Waals surface area (Å²) in [5.41, 5.74) is 1.14. The first-order valence-corrected chi connectivity index (χ1v) is 12.4. The van der Waals surface area contributed by atoms with Gasteiger partial charge in [-0.25, -0.2) is 0 Å². The summed E-state index contributed by atoms with van der Waals surface area (Å²) >= 11 is 1.13. The van der Waals surface area contributed by atoms with Crippen molar-refractivity contribution in [2.45, 2.75) is 64.2 Å². The highest BCUT2D eigenvalue weighted by Gasteiger charge is 2.32. The first kappa shape index (κ1) is 27.4. The van der Waals surface area contributed by atoms with Gasteiger partial charge in [-0.05, 0) is 56.5 Å². The van der Waals surface area contributed by atoms with E-state index in [1.54, 1.807) is 0 Å². The number of nitrogens with zero attached hydrogens (tertiary/aromatic N) is 3. The standard InChI is InChI=1S/C25H29F3N4O3S/c1-15(2)18-10-12-19(13-11-18)34-17(5)23-30-31-24(32(23)16(3)4)36-14-22(33)29-20-8-6-7-9-21(20)35-25(26,27)28/h6-13,15-17H,14H2,1-5H3,(H,29,33). The number of nitrogens with one attached hydrogen (secondary N) is 1. The van der Waals surface area contributed by atoms with Crippen LogP contribution < -0.4 is 14.8 Å². The van der Waals surface area contributed by atoms with Crippen molar-refractivity contribution in [1.82, 2.24) is 14.8 Å². The first-order valence-electron chi connectivity index (χ1n) is 11.4. The highest BCUT2D eigenvalue weighted by atomic mass is 32.2. The molecule has 1 amide bonds. The molecule has 1 heterocycles. The molecule has 3 aromatic rings. The summed E-state index contributed by atoms with van der Waals surface area (Å²) in [5.74, 6) is 0.652. The zero-order valence-corrected chi connectivity index (χ0v) is 21.5. The lowest BCUT2D eigenvalue weighted by Crippen LogP contribution is -2.20. The number of anilines is 1. The second kappa shape index (κ2) is 11.7. The van der Waals surface area contributed by atoms with E-state index < -0.39 is 24.1 Å². The van der Waals surface area contributed by atoms with Gasteiger partial charge in [-0.2, -0.15) is 0 Å². The summed E-state index contributed by atoms with van der Waals surface area (Å²) in [6, 6.07) is 13.2. The molecule has 1 N–H and O–H groups in total. The number of para-hydroxylation sites is 2. The summed E-state index contributed by atoms with van der Waals surface area (Å²) < 4.78 is 49.8. The van der Waals surface area contributed by atoms with Crippen LogP contribution in [-0.2, 0) is 4.79 Å². The molecule has 0 bridgehead atoms. The smallest absolute Gasteiger partial charge is 0.483 e. The number of alkyl halides is 3. The number of hydrogen-bond donors (Lipinski definition) is 1. The third kappa shape index (κ3) is 7.39. The lowest BCUT2D eigenvalue weighted by atomic mass is 10.0. The van der Waals surface area contributed by atoms with E-state index in [-0.39, 0.29) is 17.5 Å². The van der Waals surface area contributed by atoms with Crippen molar-refractivity contribution < 1.29 is 27.4 Å². The second-order valence-corrected chi connectivity index (χ2v) is 9.61. The average molecular weight is 523 g/mol. The number of aromatic nitrogens is 3. The van der Waals surface area contributed by atoms with Crippen LogP contribution in [0, 0.1) is 0 Å². The number of halogens is 3. The summed E-state index contributed by atoms with van der Waals surface area (Å²) in [6.07, 6.45) is -5.27. The van der Waals surface area contributed by atoms with E-state index in [2.05, 4.69) is 34.1 Å². The van der Waals surface area contributed by atoms with Crippen LogP contribution in [0.25, 0.3) is 0 Å². The van der Waals surface area contributed by atoms with Crippen LogP contribution in [0.15, 0.2) is 53.7 Å². The molecular weight excluding hydrogens is 493 g/mol. The van der Waals surface area contributed by atoms with Crippen molar-refractivity contribution >= 4 is 23.4 Å². The number of benzene rings is 2. The number of carbonyl (C=O) groups is 1. The van der Waals surface area contributed by atoms with E-state index in [4.69, 9.17) is 4.74 Å². The molecule has 3 rings (SSSR count). The van der Waals surface area contributed by atoms with E-state index in [1.165, 1.54) is 23.8 Å². The summed E-state index contributed by atoms with van der Waals surface area (Å²) in [4.78, 5) is 12.5. The Balaban J connectivity index is 1.67. The minimum absolute atomic E-state index is 0.0177. The van der Waals surface area contributed by atoms with E-state index >= 15 is 0 Å². The molecule has 1 aromatic heterocycles. The Labute approximate surface area is 212 Å². The predicted octanol–water partition coefficient (Wildman–Crippen LogP) is 6.75. The largest absolute Gasteiger partial charge is 0.573 e. The molecule has 0 saturated heterocycles. The normalized spacial score (nSPS) is 12.6. The Morgan fingerprint density at radius 1 is 1.03 bits per heavy atom. The fraction of sp³-hybridized carbons (Fsp3) is 0.400. The van der Waals surface area contributed by atoms with E-state index in [0.717, 1.165) is 17.8 Å². The van der Waals surface area contributed by atoms with Crippen LogP contribution in [0.1, 0.15) is 64.1 Å². The minimum atomic E-state index is -4.87.